The van der Waals surface area contributed by atoms with E-state index in [9.17, 15) is 18.0 Å². The van der Waals surface area contributed by atoms with Gasteiger partial charge in [-0.1, -0.05) is 0 Å². The van der Waals surface area contributed by atoms with Crippen molar-refractivity contribution in [2.24, 2.45) is 0 Å². The number of nitrogens with one attached hydrogen (secondary N) is 1. The summed E-state index contributed by atoms with van der Waals surface area (Å²) < 4.78 is 43.3. The van der Waals surface area contributed by atoms with Gasteiger partial charge in [-0.05, 0) is 31.0 Å². The van der Waals surface area contributed by atoms with E-state index in [0.29, 0.717) is 36.3 Å². The topological polar surface area (TPSA) is 98.1 Å². The number of hydrogen-bond donors (Lipinski definition) is 1. The molecule has 1 fully saturated rings. The SMILES string of the molecule is COc1ccc(-n2nccn2)c(C(=O)N2CCCC(Nc3cnc(C(F)(F)F)cn3)C2)c1. The molecule has 0 bridgehead atoms. The van der Waals surface area contributed by atoms with Gasteiger partial charge in [0.05, 0.1) is 43.1 Å². The molecule has 3 aromatic rings. The molecule has 32 heavy (non-hydrogen) atoms. The van der Waals surface area contributed by atoms with Gasteiger partial charge < -0.3 is 15.0 Å². The Balaban J connectivity index is 1.51. The van der Waals surface area contributed by atoms with E-state index < -0.39 is 11.9 Å². The third-order valence-corrected chi connectivity index (χ3v) is 5.07. The van der Waals surface area contributed by atoms with Crippen molar-refractivity contribution in [3.05, 3.63) is 54.2 Å². The smallest absolute Gasteiger partial charge is 0.434 e. The first-order chi connectivity index (χ1) is 15.3. The molecule has 3 heterocycles. The highest BCUT2D eigenvalue weighted by molar-refractivity contribution is 5.98. The van der Waals surface area contributed by atoms with Gasteiger partial charge in [0.15, 0.2) is 5.69 Å². The second-order valence-electron chi connectivity index (χ2n) is 7.22. The van der Waals surface area contributed by atoms with Crippen LogP contribution in [-0.2, 0) is 6.18 Å². The zero-order chi connectivity index (χ0) is 22.7. The number of rotatable bonds is 5. The van der Waals surface area contributed by atoms with E-state index in [2.05, 4.69) is 25.5 Å². The summed E-state index contributed by atoms with van der Waals surface area (Å²) in [6, 6.07) is 4.89. The first-order valence-electron chi connectivity index (χ1n) is 9.85. The number of carbonyl (C=O) groups excluding carboxylic acids is 1. The van der Waals surface area contributed by atoms with E-state index in [-0.39, 0.29) is 17.8 Å². The number of alkyl halides is 3. The van der Waals surface area contributed by atoms with Crippen molar-refractivity contribution >= 4 is 11.7 Å². The van der Waals surface area contributed by atoms with E-state index in [4.69, 9.17) is 4.74 Å². The van der Waals surface area contributed by atoms with Crippen molar-refractivity contribution in [3.63, 3.8) is 0 Å². The van der Waals surface area contributed by atoms with E-state index in [0.717, 1.165) is 19.0 Å². The molecule has 1 aromatic carbocycles. The number of carbonyl (C=O) groups is 1. The molecule has 1 N–H and O–H groups in total. The van der Waals surface area contributed by atoms with Crippen LogP contribution in [0.3, 0.4) is 0 Å². The molecular weight excluding hydrogens is 427 g/mol. The van der Waals surface area contributed by atoms with Crippen molar-refractivity contribution < 1.29 is 22.7 Å². The predicted molar refractivity (Wildman–Crippen MR) is 107 cm³/mol. The van der Waals surface area contributed by atoms with Gasteiger partial charge in [0.2, 0.25) is 0 Å². The summed E-state index contributed by atoms with van der Waals surface area (Å²) in [7, 11) is 1.52. The Bertz CT molecular complexity index is 1070. The van der Waals surface area contributed by atoms with Crippen LogP contribution < -0.4 is 10.1 Å². The maximum Gasteiger partial charge on any atom is 0.434 e. The van der Waals surface area contributed by atoms with Crippen molar-refractivity contribution in [2.45, 2.75) is 25.1 Å². The minimum absolute atomic E-state index is 0.185. The Morgan fingerprint density at radius 3 is 2.62 bits per heavy atom. The molecule has 1 aliphatic heterocycles. The molecule has 0 spiro atoms. The number of amides is 1. The van der Waals surface area contributed by atoms with Crippen LogP contribution in [0.15, 0.2) is 43.0 Å². The number of hydrogen-bond acceptors (Lipinski definition) is 7. The summed E-state index contributed by atoms with van der Waals surface area (Å²) in [5, 5.41) is 11.3. The van der Waals surface area contributed by atoms with Crippen LogP contribution >= 0.6 is 0 Å². The lowest BCUT2D eigenvalue weighted by molar-refractivity contribution is -0.141. The zero-order valence-corrected chi connectivity index (χ0v) is 17.1. The first-order valence-corrected chi connectivity index (χ1v) is 9.85. The summed E-state index contributed by atoms with van der Waals surface area (Å²) >= 11 is 0. The van der Waals surface area contributed by atoms with Gasteiger partial charge >= 0.3 is 6.18 Å². The standard InChI is InChI=1S/C20H20F3N7O2/c1-32-14-4-5-16(30-26-6-7-27-30)15(9-14)19(31)29-8-2-3-13(12-29)28-18-11-24-17(10-25-18)20(21,22)23/h4-7,9-11,13H,2-3,8,12H2,1H3,(H,25,28). The van der Waals surface area contributed by atoms with Gasteiger partial charge in [-0.25, -0.2) is 9.97 Å². The van der Waals surface area contributed by atoms with Gasteiger partial charge in [0.25, 0.3) is 5.91 Å². The molecule has 1 atom stereocenters. The van der Waals surface area contributed by atoms with Crippen molar-refractivity contribution in [2.75, 3.05) is 25.5 Å². The Labute approximate surface area is 181 Å². The number of methoxy groups -OCH3 is 1. The molecule has 12 heteroatoms. The second-order valence-corrected chi connectivity index (χ2v) is 7.22. The first kappa shape index (κ1) is 21.5. The molecule has 0 aliphatic carbocycles. The van der Waals surface area contributed by atoms with Crippen LogP contribution in [0.1, 0.15) is 28.9 Å². The van der Waals surface area contributed by atoms with Crippen LogP contribution in [-0.4, -0.2) is 62.0 Å². The lowest BCUT2D eigenvalue weighted by atomic mass is 10.0. The second kappa shape index (κ2) is 8.81. The molecule has 1 unspecified atom stereocenters. The minimum Gasteiger partial charge on any atom is -0.497 e. The fraction of sp³-hybridized carbons (Fsp3) is 0.350. The summed E-state index contributed by atoms with van der Waals surface area (Å²) in [5.41, 5.74) is -0.152. The molecular formula is C20H20F3N7O2. The lowest BCUT2D eigenvalue weighted by Crippen LogP contribution is -2.45. The third kappa shape index (κ3) is 4.63. The number of halogens is 3. The van der Waals surface area contributed by atoms with Crippen molar-refractivity contribution in [1.29, 1.82) is 0 Å². The molecule has 168 valence electrons. The zero-order valence-electron chi connectivity index (χ0n) is 17.1. The summed E-state index contributed by atoms with van der Waals surface area (Å²) in [4.78, 5) is 23.6. The Morgan fingerprint density at radius 2 is 1.97 bits per heavy atom. The van der Waals surface area contributed by atoms with Crippen LogP contribution in [0, 0.1) is 0 Å². The Hall–Kier alpha value is -3.70. The third-order valence-electron chi connectivity index (χ3n) is 5.07. The highest BCUT2D eigenvalue weighted by Gasteiger charge is 2.33. The fourth-order valence-corrected chi connectivity index (χ4v) is 3.54. The maximum atomic E-state index is 13.4. The highest BCUT2D eigenvalue weighted by Crippen LogP contribution is 2.27. The summed E-state index contributed by atoms with van der Waals surface area (Å²) in [5.74, 6) is 0.525. The van der Waals surface area contributed by atoms with Crippen molar-refractivity contribution in [1.82, 2.24) is 29.9 Å². The van der Waals surface area contributed by atoms with Gasteiger partial charge in [-0.2, -0.15) is 28.2 Å². The molecule has 2 aromatic heterocycles. The Kier molecular flexibility index (Phi) is 5.93. The quantitative estimate of drug-likeness (QED) is 0.642. The number of benzene rings is 1. The minimum atomic E-state index is -4.54. The van der Waals surface area contributed by atoms with Gasteiger partial charge in [-0.15, -0.1) is 0 Å². The number of aromatic nitrogens is 5. The molecule has 4 rings (SSSR count). The van der Waals surface area contributed by atoms with Crippen LogP contribution in [0.2, 0.25) is 0 Å². The average Bonchev–Trinajstić information content (AvgIpc) is 3.33. The maximum absolute atomic E-state index is 13.4. The number of likely N-dealkylation sites (tertiary alicyclic amines) is 1. The van der Waals surface area contributed by atoms with E-state index in [1.165, 1.54) is 24.3 Å². The number of piperidine rings is 1. The van der Waals surface area contributed by atoms with E-state index in [1.807, 2.05) is 0 Å². The largest absolute Gasteiger partial charge is 0.497 e. The molecule has 1 saturated heterocycles. The monoisotopic (exact) mass is 447 g/mol. The summed E-state index contributed by atoms with van der Waals surface area (Å²) in [6.07, 6.45) is 1.68. The Morgan fingerprint density at radius 1 is 1.19 bits per heavy atom. The fourth-order valence-electron chi connectivity index (χ4n) is 3.54. The van der Waals surface area contributed by atoms with Crippen LogP contribution in [0.5, 0.6) is 5.75 Å². The normalized spacial score (nSPS) is 16.6. The van der Waals surface area contributed by atoms with E-state index >= 15 is 0 Å². The number of nitrogens with zero attached hydrogens (tertiary/aromatic N) is 6. The lowest BCUT2D eigenvalue weighted by Gasteiger charge is -2.33. The highest BCUT2D eigenvalue weighted by atomic mass is 19.4. The molecule has 0 radical (unpaired) electrons. The van der Waals surface area contributed by atoms with Gasteiger partial charge in [0.1, 0.15) is 11.6 Å². The van der Waals surface area contributed by atoms with Crippen LogP contribution in [0.4, 0.5) is 19.0 Å². The molecule has 1 aliphatic rings. The van der Waals surface area contributed by atoms with Gasteiger partial charge in [0, 0.05) is 19.1 Å². The van der Waals surface area contributed by atoms with Crippen LogP contribution in [0.25, 0.3) is 5.69 Å². The molecule has 0 saturated carbocycles. The molecule has 9 nitrogen and oxygen atoms in total. The van der Waals surface area contributed by atoms with Gasteiger partial charge in [-0.3, -0.25) is 4.79 Å². The average molecular weight is 447 g/mol. The predicted octanol–water partition coefficient (Wildman–Crippen LogP) is 2.80. The number of anilines is 1. The summed E-state index contributed by atoms with van der Waals surface area (Å²) in [6.45, 7) is 0.892. The van der Waals surface area contributed by atoms with E-state index in [1.54, 1.807) is 23.1 Å². The van der Waals surface area contributed by atoms with Crippen molar-refractivity contribution in [3.8, 4) is 11.4 Å². The number of ether oxygens (including phenoxy) is 1. The molecule has 1 amide bonds.